The average Bonchev–Trinajstić information content (AvgIpc) is 2.42. The molecule has 0 unspecified atom stereocenters. The van der Waals surface area contributed by atoms with E-state index in [1.165, 1.54) is 19.2 Å². The molecule has 1 aromatic heterocycles. The number of methoxy groups -OCH3 is 1. The quantitative estimate of drug-likeness (QED) is 0.353. The van der Waals surface area contributed by atoms with Gasteiger partial charge in [0.15, 0.2) is 5.69 Å². The van der Waals surface area contributed by atoms with Gasteiger partial charge in [-0.3, -0.25) is 10.1 Å². The summed E-state index contributed by atoms with van der Waals surface area (Å²) in [7, 11) is 1.24. The van der Waals surface area contributed by atoms with Gasteiger partial charge in [-0.25, -0.2) is 9.78 Å². The second kappa shape index (κ2) is 7.30. The molecule has 1 rings (SSSR count). The molecule has 0 aliphatic carbocycles. The van der Waals surface area contributed by atoms with Crippen molar-refractivity contribution in [2.75, 3.05) is 19.0 Å². The maximum Gasteiger partial charge on any atom is 0.356 e. The van der Waals surface area contributed by atoms with E-state index in [1.807, 2.05) is 0 Å². The van der Waals surface area contributed by atoms with Crippen molar-refractivity contribution in [1.29, 1.82) is 0 Å². The molecule has 0 radical (unpaired) electrons. The van der Waals surface area contributed by atoms with E-state index < -0.39 is 10.9 Å². The van der Waals surface area contributed by atoms with Crippen LogP contribution < -0.4 is 5.32 Å². The van der Waals surface area contributed by atoms with Gasteiger partial charge in [-0.05, 0) is 12.5 Å². The number of carbonyl (C=O) groups excluding carboxylic acids is 1. The molecule has 0 amide bonds. The number of carbonyl (C=O) groups is 1. The van der Waals surface area contributed by atoms with Crippen LogP contribution in [0.15, 0.2) is 12.1 Å². The van der Waals surface area contributed by atoms with Gasteiger partial charge in [-0.1, -0.05) is 19.8 Å². The zero-order valence-corrected chi connectivity index (χ0v) is 11.0. The number of unbranched alkanes of at least 4 members (excludes halogenated alkanes) is 2. The molecule has 104 valence electrons. The van der Waals surface area contributed by atoms with E-state index >= 15 is 0 Å². The number of hydrogen-bond donors (Lipinski definition) is 1. The van der Waals surface area contributed by atoms with E-state index in [1.54, 1.807) is 0 Å². The van der Waals surface area contributed by atoms with Crippen molar-refractivity contribution in [2.45, 2.75) is 26.2 Å². The summed E-state index contributed by atoms with van der Waals surface area (Å²) in [4.78, 5) is 25.6. The third-order valence-electron chi connectivity index (χ3n) is 2.54. The Labute approximate surface area is 111 Å². The molecule has 0 aromatic carbocycles. The summed E-state index contributed by atoms with van der Waals surface area (Å²) in [5, 5.41) is 13.8. The molecule has 0 saturated heterocycles. The van der Waals surface area contributed by atoms with Crippen molar-refractivity contribution in [3.8, 4) is 0 Å². The van der Waals surface area contributed by atoms with Crippen molar-refractivity contribution in [3.05, 3.63) is 27.9 Å². The standard InChI is InChI=1S/C12H17N3O4/c1-3-4-5-8-13-11-10(15(17)18)7-6-9(14-11)12(16)19-2/h6-7H,3-5,8H2,1-2H3,(H,13,14). The van der Waals surface area contributed by atoms with Crippen LogP contribution in [-0.2, 0) is 4.74 Å². The number of nitrogens with zero attached hydrogens (tertiary/aromatic N) is 2. The highest BCUT2D eigenvalue weighted by Gasteiger charge is 2.18. The number of esters is 1. The van der Waals surface area contributed by atoms with Crippen LogP contribution in [0.3, 0.4) is 0 Å². The Morgan fingerprint density at radius 1 is 1.47 bits per heavy atom. The SMILES string of the molecule is CCCCCNc1nc(C(=O)OC)ccc1[N+](=O)[O-]. The molecule has 0 spiro atoms. The van der Waals surface area contributed by atoms with Crippen molar-refractivity contribution >= 4 is 17.5 Å². The summed E-state index contributed by atoms with van der Waals surface area (Å²) in [5.74, 6) is -0.518. The number of aromatic nitrogens is 1. The molecule has 0 aliphatic heterocycles. The van der Waals surface area contributed by atoms with Gasteiger partial charge in [0.05, 0.1) is 12.0 Å². The van der Waals surface area contributed by atoms with Crippen molar-refractivity contribution in [1.82, 2.24) is 4.98 Å². The first-order valence-electron chi connectivity index (χ1n) is 6.07. The molecule has 7 nitrogen and oxygen atoms in total. The van der Waals surface area contributed by atoms with Crippen LogP contribution in [0.2, 0.25) is 0 Å². The Balaban J connectivity index is 2.89. The highest BCUT2D eigenvalue weighted by atomic mass is 16.6. The molecule has 0 bridgehead atoms. The Hall–Kier alpha value is -2.18. The van der Waals surface area contributed by atoms with Crippen LogP contribution in [0.1, 0.15) is 36.7 Å². The summed E-state index contributed by atoms with van der Waals surface area (Å²) < 4.78 is 4.54. The number of hydrogen-bond acceptors (Lipinski definition) is 6. The number of rotatable bonds is 7. The molecule has 0 atom stereocenters. The minimum Gasteiger partial charge on any atom is -0.464 e. The smallest absolute Gasteiger partial charge is 0.356 e. The number of anilines is 1. The van der Waals surface area contributed by atoms with E-state index in [0.29, 0.717) is 6.54 Å². The average molecular weight is 267 g/mol. The molecule has 0 aliphatic rings. The summed E-state index contributed by atoms with van der Waals surface area (Å²) >= 11 is 0. The van der Waals surface area contributed by atoms with Gasteiger partial charge in [0.25, 0.3) is 0 Å². The van der Waals surface area contributed by atoms with Crippen LogP contribution in [-0.4, -0.2) is 29.5 Å². The van der Waals surface area contributed by atoms with Crippen LogP contribution in [0.5, 0.6) is 0 Å². The molecule has 1 N–H and O–H groups in total. The third-order valence-corrected chi connectivity index (χ3v) is 2.54. The molecule has 7 heteroatoms. The van der Waals surface area contributed by atoms with Gasteiger partial charge in [-0.2, -0.15) is 0 Å². The van der Waals surface area contributed by atoms with E-state index in [0.717, 1.165) is 19.3 Å². The highest BCUT2D eigenvalue weighted by Crippen LogP contribution is 2.22. The number of ether oxygens (including phenoxy) is 1. The monoisotopic (exact) mass is 267 g/mol. The van der Waals surface area contributed by atoms with E-state index in [2.05, 4.69) is 22.0 Å². The Kier molecular flexibility index (Phi) is 5.72. The van der Waals surface area contributed by atoms with E-state index in [-0.39, 0.29) is 17.2 Å². The minimum atomic E-state index is -0.619. The first kappa shape index (κ1) is 14.9. The summed E-state index contributed by atoms with van der Waals surface area (Å²) in [6.45, 7) is 2.64. The first-order chi connectivity index (χ1) is 9.10. The number of pyridine rings is 1. The summed E-state index contributed by atoms with van der Waals surface area (Å²) in [6.07, 6.45) is 2.97. The molecular formula is C12H17N3O4. The topological polar surface area (TPSA) is 94.4 Å². The Bertz CT molecular complexity index is 462. The summed E-state index contributed by atoms with van der Waals surface area (Å²) in [6, 6.07) is 2.53. The zero-order valence-electron chi connectivity index (χ0n) is 11.0. The third kappa shape index (κ3) is 4.20. The van der Waals surface area contributed by atoms with Crippen molar-refractivity contribution < 1.29 is 14.5 Å². The van der Waals surface area contributed by atoms with Crippen LogP contribution in [0.25, 0.3) is 0 Å². The van der Waals surface area contributed by atoms with E-state index in [9.17, 15) is 14.9 Å². The van der Waals surface area contributed by atoms with Gasteiger partial charge >= 0.3 is 11.7 Å². The number of nitrogens with one attached hydrogen (secondary N) is 1. The predicted octanol–water partition coefficient (Wildman–Crippen LogP) is 2.38. The van der Waals surface area contributed by atoms with Crippen molar-refractivity contribution in [3.63, 3.8) is 0 Å². The fourth-order valence-electron chi connectivity index (χ4n) is 1.53. The summed E-state index contributed by atoms with van der Waals surface area (Å²) in [5.41, 5.74) is -0.102. The molecule has 0 fully saturated rings. The van der Waals surface area contributed by atoms with Gasteiger partial charge in [0.1, 0.15) is 0 Å². The van der Waals surface area contributed by atoms with Gasteiger partial charge in [0.2, 0.25) is 5.82 Å². The molecule has 19 heavy (non-hydrogen) atoms. The van der Waals surface area contributed by atoms with Gasteiger partial charge in [-0.15, -0.1) is 0 Å². The van der Waals surface area contributed by atoms with E-state index in [4.69, 9.17) is 0 Å². The lowest BCUT2D eigenvalue weighted by Crippen LogP contribution is -2.10. The fourth-order valence-corrected chi connectivity index (χ4v) is 1.53. The minimum absolute atomic E-state index is 0.0473. The normalized spacial score (nSPS) is 10.0. The maximum absolute atomic E-state index is 11.3. The fraction of sp³-hybridized carbons (Fsp3) is 0.500. The molecule has 1 aromatic rings. The lowest BCUT2D eigenvalue weighted by Gasteiger charge is -2.07. The number of nitro groups is 1. The molecular weight excluding hydrogens is 250 g/mol. The van der Waals surface area contributed by atoms with Crippen LogP contribution in [0, 0.1) is 10.1 Å². The van der Waals surface area contributed by atoms with Gasteiger partial charge in [0, 0.05) is 12.6 Å². The Morgan fingerprint density at radius 3 is 2.79 bits per heavy atom. The second-order valence-corrected chi connectivity index (χ2v) is 3.95. The van der Waals surface area contributed by atoms with Crippen LogP contribution in [0.4, 0.5) is 11.5 Å². The van der Waals surface area contributed by atoms with Gasteiger partial charge < -0.3 is 10.1 Å². The largest absolute Gasteiger partial charge is 0.464 e. The lowest BCUT2D eigenvalue weighted by molar-refractivity contribution is -0.384. The Morgan fingerprint density at radius 2 is 2.21 bits per heavy atom. The predicted molar refractivity (Wildman–Crippen MR) is 70.2 cm³/mol. The zero-order chi connectivity index (χ0) is 14.3. The van der Waals surface area contributed by atoms with Crippen molar-refractivity contribution in [2.24, 2.45) is 0 Å². The first-order valence-corrected chi connectivity index (χ1v) is 6.07. The highest BCUT2D eigenvalue weighted by molar-refractivity contribution is 5.88. The maximum atomic E-state index is 11.3. The second-order valence-electron chi connectivity index (χ2n) is 3.95. The lowest BCUT2D eigenvalue weighted by atomic mass is 10.2. The molecule has 0 saturated carbocycles. The van der Waals surface area contributed by atoms with Crippen LogP contribution >= 0.6 is 0 Å². The molecule has 1 heterocycles.